The van der Waals surface area contributed by atoms with Crippen molar-refractivity contribution in [3.8, 4) is 0 Å². The van der Waals surface area contributed by atoms with Gasteiger partial charge in [0.1, 0.15) is 0 Å². The third-order valence-electron chi connectivity index (χ3n) is 3.99. The SMILES string of the molecule is CCOC(CNC1CCC(C(C)C)CC1)OCC. The highest BCUT2D eigenvalue weighted by Crippen LogP contribution is 2.29. The van der Waals surface area contributed by atoms with Crippen LogP contribution in [0.25, 0.3) is 0 Å². The van der Waals surface area contributed by atoms with Gasteiger partial charge >= 0.3 is 0 Å². The molecule has 1 aliphatic rings. The van der Waals surface area contributed by atoms with Gasteiger partial charge in [0.2, 0.25) is 0 Å². The Morgan fingerprint density at radius 1 is 1.00 bits per heavy atom. The number of hydrogen-bond donors (Lipinski definition) is 1. The van der Waals surface area contributed by atoms with Crippen molar-refractivity contribution < 1.29 is 9.47 Å². The van der Waals surface area contributed by atoms with E-state index in [2.05, 4.69) is 19.2 Å². The zero-order chi connectivity index (χ0) is 13.4. The molecule has 0 amide bonds. The van der Waals surface area contributed by atoms with Crippen LogP contribution in [0.5, 0.6) is 0 Å². The largest absolute Gasteiger partial charge is 0.352 e. The Morgan fingerprint density at radius 3 is 2.00 bits per heavy atom. The molecular formula is C15H31NO2. The summed E-state index contributed by atoms with van der Waals surface area (Å²) in [7, 11) is 0. The average Bonchev–Trinajstić information content (AvgIpc) is 2.37. The van der Waals surface area contributed by atoms with Crippen molar-refractivity contribution in [2.75, 3.05) is 19.8 Å². The molecule has 3 nitrogen and oxygen atoms in total. The van der Waals surface area contributed by atoms with Crippen molar-refractivity contribution in [1.29, 1.82) is 0 Å². The van der Waals surface area contributed by atoms with E-state index in [0.717, 1.165) is 18.4 Å². The van der Waals surface area contributed by atoms with E-state index in [0.29, 0.717) is 19.3 Å². The summed E-state index contributed by atoms with van der Waals surface area (Å²) in [4.78, 5) is 0. The molecule has 0 aromatic carbocycles. The van der Waals surface area contributed by atoms with Crippen molar-refractivity contribution in [2.24, 2.45) is 11.8 Å². The predicted octanol–water partition coefficient (Wildman–Crippen LogP) is 3.19. The van der Waals surface area contributed by atoms with Gasteiger partial charge in [0.25, 0.3) is 0 Å². The van der Waals surface area contributed by atoms with Gasteiger partial charge < -0.3 is 14.8 Å². The van der Waals surface area contributed by atoms with E-state index >= 15 is 0 Å². The van der Waals surface area contributed by atoms with Gasteiger partial charge in [-0.25, -0.2) is 0 Å². The molecule has 0 spiro atoms. The summed E-state index contributed by atoms with van der Waals surface area (Å²) in [6.07, 6.45) is 5.25. The van der Waals surface area contributed by atoms with Crippen molar-refractivity contribution in [2.45, 2.75) is 65.7 Å². The molecule has 1 saturated carbocycles. The lowest BCUT2D eigenvalue weighted by Crippen LogP contribution is -2.40. The maximum atomic E-state index is 5.55. The second-order valence-electron chi connectivity index (χ2n) is 5.60. The summed E-state index contributed by atoms with van der Waals surface area (Å²) in [5.74, 6) is 1.77. The fourth-order valence-electron chi connectivity index (χ4n) is 2.79. The number of hydrogen-bond acceptors (Lipinski definition) is 3. The van der Waals surface area contributed by atoms with E-state index in [-0.39, 0.29) is 6.29 Å². The van der Waals surface area contributed by atoms with Crippen LogP contribution in [0.1, 0.15) is 53.4 Å². The normalized spacial score (nSPS) is 25.0. The summed E-state index contributed by atoms with van der Waals surface area (Å²) >= 11 is 0. The molecule has 108 valence electrons. The summed E-state index contributed by atoms with van der Waals surface area (Å²) in [6, 6.07) is 0.656. The molecule has 1 rings (SSSR count). The van der Waals surface area contributed by atoms with Gasteiger partial charge in [-0.1, -0.05) is 13.8 Å². The minimum atomic E-state index is -0.0807. The average molecular weight is 257 g/mol. The lowest BCUT2D eigenvalue weighted by atomic mass is 9.80. The van der Waals surface area contributed by atoms with Gasteiger partial charge in [0.05, 0.1) is 0 Å². The Bertz CT molecular complexity index is 195. The van der Waals surface area contributed by atoms with E-state index in [1.54, 1.807) is 0 Å². The van der Waals surface area contributed by atoms with Gasteiger partial charge in [-0.05, 0) is 51.4 Å². The number of ether oxygens (including phenoxy) is 2. The molecular weight excluding hydrogens is 226 g/mol. The second kappa shape index (κ2) is 8.89. The Balaban J connectivity index is 2.19. The summed E-state index contributed by atoms with van der Waals surface area (Å²) in [5.41, 5.74) is 0. The third-order valence-corrected chi connectivity index (χ3v) is 3.99. The molecule has 0 radical (unpaired) electrons. The zero-order valence-electron chi connectivity index (χ0n) is 12.6. The summed E-state index contributed by atoms with van der Waals surface area (Å²) in [5, 5.41) is 3.60. The molecule has 0 bridgehead atoms. The van der Waals surface area contributed by atoms with Gasteiger partial charge in [0, 0.05) is 25.8 Å². The molecule has 1 fully saturated rings. The molecule has 1 N–H and O–H groups in total. The molecule has 0 aromatic heterocycles. The predicted molar refractivity (Wildman–Crippen MR) is 75.6 cm³/mol. The minimum Gasteiger partial charge on any atom is -0.352 e. The quantitative estimate of drug-likeness (QED) is 0.677. The maximum Gasteiger partial charge on any atom is 0.169 e. The first kappa shape index (κ1) is 15.9. The van der Waals surface area contributed by atoms with E-state index in [1.165, 1.54) is 25.7 Å². The molecule has 1 aliphatic carbocycles. The smallest absolute Gasteiger partial charge is 0.169 e. The van der Waals surface area contributed by atoms with Gasteiger partial charge in [-0.3, -0.25) is 0 Å². The highest BCUT2D eigenvalue weighted by molar-refractivity contribution is 4.78. The van der Waals surface area contributed by atoms with Crippen LogP contribution in [0.2, 0.25) is 0 Å². The first-order valence-corrected chi connectivity index (χ1v) is 7.63. The standard InChI is InChI=1S/C15H31NO2/c1-5-17-15(18-6-2)11-16-14-9-7-13(8-10-14)12(3)4/h12-16H,5-11H2,1-4H3. The fraction of sp³-hybridized carbons (Fsp3) is 1.00. The van der Waals surface area contributed by atoms with Crippen LogP contribution in [-0.2, 0) is 9.47 Å². The highest BCUT2D eigenvalue weighted by Gasteiger charge is 2.23. The van der Waals surface area contributed by atoms with E-state index in [1.807, 2.05) is 13.8 Å². The molecule has 18 heavy (non-hydrogen) atoms. The van der Waals surface area contributed by atoms with E-state index < -0.39 is 0 Å². The van der Waals surface area contributed by atoms with Crippen molar-refractivity contribution in [1.82, 2.24) is 5.32 Å². The molecule has 3 heteroatoms. The van der Waals surface area contributed by atoms with Gasteiger partial charge in [-0.15, -0.1) is 0 Å². The monoisotopic (exact) mass is 257 g/mol. The van der Waals surface area contributed by atoms with Crippen molar-refractivity contribution in [3.63, 3.8) is 0 Å². The third kappa shape index (κ3) is 5.68. The van der Waals surface area contributed by atoms with Crippen molar-refractivity contribution in [3.05, 3.63) is 0 Å². The van der Waals surface area contributed by atoms with Crippen molar-refractivity contribution >= 4 is 0 Å². The first-order valence-electron chi connectivity index (χ1n) is 7.63. The van der Waals surface area contributed by atoms with Crippen LogP contribution in [0.15, 0.2) is 0 Å². The molecule has 0 unspecified atom stereocenters. The summed E-state index contributed by atoms with van der Waals surface area (Å²) in [6.45, 7) is 11.0. The van der Waals surface area contributed by atoms with Gasteiger partial charge in [-0.2, -0.15) is 0 Å². The molecule has 0 heterocycles. The Kier molecular flexibility index (Phi) is 7.87. The Hall–Kier alpha value is -0.120. The topological polar surface area (TPSA) is 30.5 Å². The number of nitrogens with one attached hydrogen (secondary N) is 1. The molecule has 0 atom stereocenters. The van der Waals surface area contributed by atoms with Crippen LogP contribution in [0.4, 0.5) is 0 Å². The van der Waals surface area contributed by atoms with E-state index in [4.69, 9.17) is 9.47 Å². The lowest BCUT2D eigenvalue weighted by Gasteiger charge is -2.32. The second-order valence-corrected chi connectivity index (χ2v) is 5.60. The van der Waals surface area contributed by atoms with Crippen LogP contribution >= 0.6 is 0 Å². The lowest BCUT2D eigenvalue weighted by molar-refractivity contribution is -0.134. The highest BCUT2D eigenvalue weighted by atomic mass is 16.7. The zero-order valence-corrected chi connectivity index (χ0v) is 12.6. The number of rotatable bonds is 8. The molecule has 0 aromatic rings. The van der Waals surface area contributed by atoms with E-state index in [9.17, 15) is 0 Å². The Labute approximate surface area is 113 Å². The molecule has 0 aliphatic heterocycles. The maximum absolute atomic E-state index is 5.55. The first-order chi connectivity index (χ1) is 8.67. The summed E-state index contributed by atoms with van der Waals surface area (Å²) < 4.78 is 11.1. The fourth-order valence-corrected chi connectivity index (χ4v) is 2.79. The van der Waals surface area contributed by atoms with Crippen LogP contribution < -0.4 is 5.32 Å². The van der Waals surface area contributed by atoms with Crippen LogP contribution in [0.3, 0.4) is 0 Å². The van der Waals surface area contributed by atoms with Gasteiger partial charge in [0.15, 0.2) is 6.29 Å². The minimum absolute atomic E-state index is 0.0807. The van der Waals surface area contributed by atoms with Crippen LogP contribution in [0, 0.1) is 11.8 Å². The molecule has 0 saturated heterocycles. The Morgan fingerprint density at radius 2 is 1.56 bits per heavy atom. The van der Waals surface area contributed by atoms with Crippen LogP contribution in [-0.4, -0.2) is 32.1 Å².